The minimum atomic E-state index is 1.07. The van der Waals surface area contributed by atoms with Gasteiger partial charge in [0, 0.05) is 29.3 Å². The van der Waals surface area contributed by atoms with Crippen LogP contribution in [0.25, 0.3) is 57.7 Å². The van der Waals surface area contributed by atoms with E-state index in [-0.39, 0.29) is 0 Å². The maximum absolute atomic E-state index is 4.09. The highest BCUT2D eigenvalue weighted by atomic mass is 79.9. The molecule has 6 rings (SSSR count). The molecular formula is C38H27BrN2. The molecule has 0 spiro atoms. The number of rotatable bonds is 7. The smallest absolute Gasteiger partial charge is 0.0273 e. The fourth-order valence-corrected chi connectivity index (χ4v) is 4.94. The highest BCUT2D eigenvalue weighted by Crippen LogP contribution is 2.34. The van der Waals surface area contributed by atoms with Crippen LogP contribution in [0, 0.1) is 0 Å². The van der Waals surface area contributed by atoms with E-state index < -0.39 is 0 Å². The van der Waals surface area contributed by atoms with E-state index in [0.29, 0.717) is 0 Å². The number of hydrogen-bond donors (Lipinski definition) is 0. The molecule has 3 heteroatoms. The van der Waals surface area contributed by atoms with E-state index >= 15 is 0 Å². The predicted molar refractivity (Wildman–Crippen MR) is 177 cm³/mol. The van der Waals surface area contributed by atoms with E-state index in [1.807, 2.05) is 49.1 Å². The minimum absolute atomic E-state index is 1.07. The lowest BCUT2D eigenvalue weighted by Gasteiger charge is -2.12. The van der Waals surface area contributed by atoms with Crippen LogP contribution in [0.1, 0.15) is 22.3 Å². The fourth-order valence-electron chi connectivity index (χ4n) is 4.68. The lowest BCUT2D eigenvalue weighted by Crippen LogP contribution is -1.87. The van der Waals surface area contributed by atoms with Crippen LogP contribution in [0.4, 0.5) is 0 Å². The Kier molecular flexibility index (Phi) is 8.07. The van der Waals surface area contributed by atoms with Gasteiger partial charge < -0.3 is 0 Å². The third kappa shape index (κ3) is 6.84. The summed E-state index contributed by atoms with van der Waals surface area (Å²) in [4.78, 5) is 8.18. The first-order valence-electron chi connectivity index (χ1n) is 13.5. The Morgan fingerprint density at radius 3 is 0.976 bits per heavy atom. The third-order valence-corrected chi connectivity index (χ3v) is 7.48. The van der Waals surface area contributed by atoms with Crippen molar-refractivity contribution >= 4 is 40.2 Å². The maximum Gasteiger partial charge on any atom is 0.0273 e. The Balaban J connectivity index is 1.32. The Morgan fingerprint density at radius 1 is 0.341 bits per heavy atom. The molecule has 41 heavy (non-hydrogen) atoms. The van der Waals surface area contributed by atoms with Crippen LogP contribution in [-0.4, -0.2) is 9.97 Å². The van der Waals surface area contributed by atoms with Crippen LogP contribution < -0.4 is 0 Å². The number of aromatic nitrogens is 2. The summed E-state index contributed by atoms with van der Waals surface area (Å²) in [5.74, 6) is 0. The number of hydrogen-bond acceptors (Lipinski definition) is 2. The normalized spacial score (nSPS) is 11.3. The topological polar surface area (TPSA) is 25.8 Å². The molecule has 0 atom stereocenters. The Hall–Kier alpha value is -4.86. The van der Waals surface area contributed by atoms with Gasteiger partial charge in [-0.25, -0.2) is 0 Å². The summed E-state index contributed by atoms with van der Waals surface area (Å²) in [7, 11) is 0. The largest absolute Gasteiger partial charge is 0.265 e. The lowest BCUT2D eigenvalue weighted by molar-refractivity contribution is 1.32. The number of benzene rings is 4. The molecule has 0 N–H and O–H groups in total. The Bertz CT molecular complexity index is 1680. The number of halogens is 1. The molecule has 0 unspecified atom stereocenters. The van der Waals surface area contributed by atoms with E-state index in [9.17, 15) is 0 Å². The first-order chi connectivity index (χ1) is 20.2. The monoisotopic (exact) mass is 590 g/mol. The summed E-state index contributed by atoms with van der Waals surface area (Å²) < 4.78 is 1.07. The van der Waals surface area contributed by atoms with Crippen LogP contribution in [0.15, 0.2) is 145 Å². The first kappa shape index (κ1) is 26.4. The molecule has 2 nitrogen and oxygen atoms in total. The van der Waals surface area contributed by atoms with Gasteiger partial charge in [-0.2, -0.15) is 0 Å². The third-order valence-electron chi connectivity index (χ3n) is 6.95. The summed E-state index contributed by atoms with van der Waals surface area (Å²) in [6.07, 6.45) is 15.7. The average molecular weight is 592 g/mol. The highest BCUT2D eigenvalue weighted by molar-refractivity contribution is 9.10. The van der Waals surface area contributed by atoms with E-state index in [2.05, 4.69) is 141 Å². The second-order valence-corrected chi connectivity index (χ2v) is 10.7. The first-order valence-corrected chi connectivity index (χ1v) is 14.3. The zero-order valence-corrected chi connectivity index (χ0v) is 23.9. The summed E-state index contributed by atoms with van der Waals surface area (Å²) in [5, 5.41) is 0. The van der Waals surface area contributed by atoms with Crippen LogP contribution in [0.5, 0.6) is 0 Å². The van der Waals surface area contributed by atoms with Gasteiger partial charge in [-0.05, 0) is 110 Å². The summed E-state index contributed by atoms with van der Waals surface area (Å²) in [5.41, 5.74) is 11.7. The minimum Gasteiger partial charge on any atom is -0.265 e. The zero-order chi connectivity index (χ0) is 27.9. The van der Waals surface area contributed by atoms with Crippen molar-refractivity contribution in [3.8, 4) is 33.4 Å². The molecule has 0 aliphatic carbocycles. The van der Waals surface area contributed by atoms with Crippen LogP contribution in [0.3, 0.4) is 0 Å². The van der Waals surface area contributed by atoms with Crippen molar-refractivity contribution in [3.05, 3.63) is 167 Å². The second-order valence-electron chi connectivity index (χ2n) is 9.78. The average Bonchev–Trinajstić information content (AvgIpc) is 3.04. The Morgan fingerprint density at radius 2 is 0.634 bits per heavy atom. The van der Waals surface area contributed by atoms with Crippen molar-refractivity contribution < 1.29 is 0 Å². The molecule has 0 saturated carbocycles. The second kappa shape index (κ2) is 12.5. The molecule has 0 saturated heterocycles. The molecule has 6 aromatic rings. The molecule has 0 aliphatic rings. The van der Waals surface area contributed by atoms with Crippen molar-refractivity contribution in [2.24, 2.45) is 0 Å². The van der Waals surface area contributed by atoms with Gasteiger partial charge in [0.25, 0.3) is 0 Å². The van der Waals surface area contributed by atoms with E-state index in [1.165, 1.54) is 33.4 Å². The number of pyridine rings is 2. The van der Waals surface area contributed by atoms with Gasteiger partial charge in [-0.15, -0.1) is 0 Å². The van der Waals surface area contributed by atoms with Gasteiger partial charge in [0.15, 0.2) is 0 Å². The standard InChI is InChI=1S/C38H27BrN2/c39-38-15-13-34(14-16-38)37-26-35(32-9-5-28(6-10-32)1-3-30-17-21-40-22-18-30)25-36(27-37)33-11-7-29(8-12-33)2-4-31-19-23-41-24-20-31/h1-27H/b3-1+,4-2+. The van der Waals surface area contributed by atoms with Crippen LogP contribution >= 0.6 is 15.9 Å². The zero-order valence-electron chi connectivity index (χ0n) is 22.4. The maximum atomic E-state index is 4.09. The molecule has 2 heterocycles. The lowest BCUT2D eigenvalue weighted by atomic mass is 9.92. The molecule has 2 aromatic heterocycles. The molecule has 4 aromatic carbocycles. The van der Waals surface area contributed by atoms with Crippen LogP contribution in [-0.2, 0) is 0 Å². The molecule has 0 radical (unpaired) electrons. The van der Waals surface area contributed by atoms with Gasteiger partial charge in [0.05, 0.1) is 0 Å². The molecule has 0 bridgehead atoms. The van der Waals surface area contributed by atoms with Gasteiger partial charge in [-0.1, -0.05) is 101 Å². The van der Waals surface area contributed by atoms with Crippen molar-refractivity contribution in [3.63, 3.8) is 0 Å². The summed E-state index contributed by atoms with van der Waals surface area (Å²) in [6.45, 7) is 0. The molecule has 0 amide bonds. The highest BCUT2D eigenvalue weighted by Gasteiger charge is 2.08. The molecule has 0 aliphatic heterocycles. The fraction of sp³-hybridized carbons (Fsp3) is 0. The molecule has 196 valence electrons. The van der Waals surface area contributed by atoms with Gasteiger partial charge in [0.1, 0.15) is 0 Å². The summed E-state index contributed by atoms with van der Waals surface area (Å²) >= 11 is 3.57. The quantitative estimate of drug-likeness (QED) is 0.185. The van der Waals surface area contributed by atoms with E-state index in [0.717, 1.165) is 26.7 Å². The predicted octanol–water partition coefficient (Wildman–Crippen LogP) is 10.6. The van der Waals surface area contributed by atoms with E-state index in [4.69, 9.17) is 0 Å². The van der Waals surface area contributed by atoms with Gasteiger partial charge in [-0.3, -0.25) is 9.97 Å². The van der Waals surface area contributed by atoms with E-state index in [1.54, 1.807) is 0 Å². The van der Waals surface area contributed by atoms with Crippen LogP contribution in [0.2, 0.25) is 0 Å². The van der Waals surface area contributed by atoms with Crippen molar-refractivity contribution in [2.75, 3.05) is 0 Å². The van der Waals surface area contributed by atoms with Gasteiger partial charge >= 0.3 is 0 Å². The summed E-state index contributed by atoms with van der Waals surface area (Å²) in [6, 6.07) is 40.8. The number of nitrogens with zero attached hydrogens (tertiary/aromatic N) is 2. The molecular weight excluding hydrogens is 564 g/mol. The molecule has 0 fully saturated rings. The van der Waals surface area contributed by atoms with Gasteiger partial charge in [0.2, 0.25) is 0 Å². The van der Waals surface area contributed by atoms with Crippen molar-refractivity contribution in [1.82, 2.24) is 9.97 Å². The Labute approximate surface area is 249 Å². The van der Waals surface area contributed by atoms with Crippen molar-refractivity contribution in [2.45, 2.75) is 0 Å². The SMILES string of the molecule is Brc1ccc(-c2cc(-c3ccc(/C=C/c4ccncc4)cc3)cc(-c3ccc(/C=C/c4ccncc4)cc3)c2)cc1. The van der Waals surface area contributed by atoms with Crippen molar-refractivity contribution in [1.29, 1.82) is 0 Å².